The minimum atomic E-state index is -3.76. The van der Waals surface area contributed by atoms with Crippen LogP contribution in [0.3, 0.4) is 0 Å². The first kappa shape index (κ1) is 34.0. The summed E-state index contributed by atoms with van der Waals surface area (Å²) in [6.45, 7) is 6.25. The fraction of sp³-hybridized carbons (Fsp3) is 0.171. The molecule has 1 aliphatic rings. The van der Waals surface area contributed by atoms with E-state index in [1.54, 1.807) is 92.1 Å². The van der Waals surface area contributed by atoms with Crippen molar-refractivity contribution in [1.82, 2.24) is 0 Å². The first-order valence-corrected chi connectivity index (χ1v) is 18.9. The van der Waals surface area contributed by atoms with Crippen LogP contribution in [-0.2, 0) is 25.1 Å². The van der Waals surface area contributed by atoms with Crippen LogP contribution in [0.1, 0.15) is 48.4 Å². The minimum Gasteiger partial charge on any atom is -0.497 e. The molecule has 1 atom stereocenters. The molecule has 8 heteroatoms. The van der Waals surface area contributed by atoms with E-state index in [2.05, 4.69) is 26.0 Å². The van der Waals surface area contributed by atoms with Crippen LogP contribution in [0, 0.1) is 6.92 Å². The van der Waals surface area contributed by atoms with E-state index >= 15 is 0 Å². The van der Waals surface area contributed by atoms with Gasteiger partial charge in [0.05, 0.1) is 26.7 Å². The molecule has 0 N–H and O–H groups in total. The third-order valence-corrected chi connectivity index (χ3v) is 12.7. The molecule has 0 aromatic heterocycles. The maximum atomic E-state index is 13.4. The first-order chi connectivity index (χ1) is 23.4. The molecular formula is C41H38O6S2. The maximum Gasteiger partial charge on any atom is 0.206 e. The van der Waals surface area contributed by atoms with Crippen molar-refractivity contribution in [3.05, 3.63) is 167 Å². The van der Waals surface area contributed by atoms with Crippen LogP contribution in [0.5, 0.6) is 17.2 Å². The number of aryl methyl sites for hydroxylation is 1. The molecule has 0 spiro atoms. The van der Waals surface area contributed by atoms with Gasteiger partial charge in [-0.1, -0.05) is 80.1 Å². The molecule has 1 aliphatic carbocycles. The smallest absolute Gasteiger partial charge is 0.206 e. The lowest BCUT2D eigenvalue weighted by Crippen LogP contribution is -2.18. The highest BCUT2D eigenvalue weighted by Crippen LogP contribution is 2.35. The van der Waals surface area contributed by atoms with Crippen LogP contribution < -0.4 is 9.47 Å². The normalized spacial score (nSPS) is 15.0. The van der Waals surface area contributed by atoms with Crippen molar-refractivity contribution >= 4 is 19.7 Å². The van der Waals surface area contributed by atoms with Gasteiger partial charge >= 0.3 is 0 Å². The third-order valence-electron chi connectivity index (χ3n) is 9.08. The van der Waals surface area contributed by atoms with E-state index in [0.717, 1.165) is 28.0 Å². The Hall–Kier alpha value is -4.92. The number of allylic oxidation sites excluding steroid dienone is 3. The maximum absolute atomic E-state index is 13.4. The van der Waals surface area contributed by atoms with Gasteiger partial charge in [-0.25, -0.2) is 16.8 Å². The summed E-state index contributed by atoms with van der Waals surface area (Å²) in [6, 6.07) is 35.9. The van der Waals surface area contributed by atoms with Gasteiger partial charge in [0.1, 0.15) is 17.2 Å². The van der Waals surface area contributed by atoms with Gasteiger partial charge in [-0.15, -0.1) is 0 Å². The fourth-order valence-corrected chi connectivity index (χ4v) is 8.47. The monoisotopic (exact) mass is 690 g/mol. The molecule has 1 unspecified atom stereocenters. The summed E-state index contributed by atoms with van der Waals surface area (Å²) in [5.74, 6) is 1.92. The number of methoxy groups -OCH3 is 1. The van der Waals surface area contributed by atoms with Crippen LogP contribution in [-0.4, -0.2) is 23.9 Å². The number of hydrogen-bond donors (Lipinski definition) is 0. The molecule has 6 nitrogen and oxygen atoms in total. The van der Waals surface area contributed by atoms with Crippen molar-refractivity contribution in [3.8, 4) is 17.2 Å². The van der Waals surface area contributed by atoms with Gasteiger partial charge in [0.15, 0.2) is 0 Å². The van der Waals surface area contributed by atoms with Crippen molar-refractivity contribution in [2.45, 2.75) is 53.2 Å². The Balaban J connectivity index is 1.09. The minimum absolute atomic E-state index is 0.0623. The molecule has 0 amide bonds. The average Bonchev–Trinajstić information content (AvgIpc) is 3.12. The summed E-state index contributed by atoms with van der Waals surface area (Å²) in [4.78, 5) is 0.875. The lowest BCUT2D eigenvalue weighted by atomic mass is 9.78. The lowest BCUT2D eigenvalue weighted by molar-refractivity contribution is 0.414. The zero-order valence-corrected chi connectivity index (χ0v) is 29.5. The van der Waals surface area contributed by atoms with Crippen molar-refractivity contribution in [2.75, 3.05) is 7.11 Å². The van der Waals surface area contributed by atoms with Crippen LogP contribution in [0.2, 0.25) is 0 Å². The SMILES string of the molecule is COc1ccc(C(C)(C)c2ccc(Oc3ccc(S(=O)(=O)c4ccc(C5C=CC(S(=O)(=O)c6ccc(C)cc6)=CC5)cc4)cc3)cc2)cc1. The summed E-state index contributed by atoms with van der Waals surface area (Å²) in [5.41, 5.74) is 3.96. The second-order valence-electron chi connectivity index (χ2n) is 12.6. The van der Waals surface area contributed by atoms with Gasteiger partial charge in [-0.3, -0.25) is 0 Å². The molecule has 0 heterocycles. The summed E-state index contributed by atoms with van der Waals surface area (Å²) < 4.78 is 64.3. The van der Waals surface area contributed by atoms with Crippen molar-refractivity contribution < 1.29 is 26.3 Å². The highest BCUT2D eigenvalue weighted by molar-refractivity contribution is 7.95. The molecule has 0 saturated carbocycles. The third kappa shape index (κ3) is 7.12. The summed E-state index contributed by atoms with van der Waals surface area (Å²) in [5, 5.41) is 0. The standard InChI is InChI=1S/C41H38O6S2/c1-29-5-21-37(22-6-29)48(42,43)38-23-7-30(8-24-38)31-9-25-39(26-10-31)49(44,45)40-27-19-36(20-28-40)47-35-17-13-33(14-18-35)41(2,3)32-11-15-34(46-4)16-12-32/h5-7,9-28,30H,8H2,1-4H3. The Morgan fingerprint density at radius 1 is 0.592 bits per heavy atom. The van der Waals surface area contributed by atoms with Crippen LogP contribution >= 0.6 is 0 Å². The van der Waals surface area contributed by atoms with E-state index in [9.17, 15) is 16.8 Å². The Morgan fingerprint density at radius 3 is 1.53 bits per heavy atom. The Bertz CT molecular complexity index is 2210. The van der Waals surface area contributed by atoms with Crippen LogP contribution in [0.4, 0.5) is 0 Å². The largest absolute Gasteiger partial charge is 0.497 e. The molecule has 250 valence electrons. The second kappa shape index (κ2) is 13.5. The Morgan fingerprint density at radius 2 is 1.04 bits per heavy atom. The number of rotatable bonds is 10. The molecular weight excluding hydrogens is 653 g/mol. The molecule has 5 aromatic carbocycles. The van der Waals surface area contributed by atoms with Crippen molar-refractivity contribution in [3.63, 3.8) is 0 Å². The molecule has 0 bridgehead atoms. The predicted molar refractivity (Wildman–Crippen MR) is 193 cm³/mol. The summed E-state index contributed by atoms with van der Waals surface area (Å²) >= 11 is 0. The quantitative estimate of drug-likeness (QED) is 0.145. The van der Waals surface area contributed by atoms with E-state index in [4.69, 9.17) is 9.47 Å². The molecule has 0 radical (unpaired) electrons. The fourth-order valence-electron chi connectivity index (χ4n) is 5.87. The van der Waals surface area contributed by atoms with Gasteiger partial charge in [0, 0.05) is 11.3 Å². The van der Waals surface area contributed by atoms with E-state index in [1.165, 1.54) is 0 Å². The van der Waals surface area contributed by atoms with Crippen molar-refractivity contribution in [1.29, 1.82) is 0 Å². The lowest BCUT2D eigenvalue weighted by Gasteiger charge is -2.26. The van der Waals surface area contributed by atoms with Gasteiger partial charge in [0.2, 0.25) is 19.7 Å². The van der Waals surface area contributed by atoms with Crippen molar-refractivity contribution in [2.24, 2.45) is 0 Å². The van der Waals surface area contributed by atoms with Gasteiger partial charge in [0.25, 0.3) is 0 Å². The summed E-state index contributed by atoms with van der Waals surface area (Å²) in [7, 11) is -5.71. The topological polar surface area (TPSA) is 86.7 Å². The second-order valence-corrected chi connectivity index (χ2v) is 16.5. The molecule has 5 aromatic rings. The molecule has 0 saturated heterocycles. The summed E-state index contributed by atoms with van der Waals surface area (Å²) in [6.07, 6.45) is 5.72. The highest BCUT2D eigenvalue weighted by atomic mass is 32.2. The molecule has 6 rings (SSSR count). The number of sulfone groups is 2. The van der Waals surface area contributed by atoms with Gasteiger partial charge in [-0.05, 0) is 109 Å². The number of hydrogen-bond acceptors (Lipinski definition) is 6. The Labute approximate surface area is 289 Å². The highest BCUT2D eigenvalue weighted by Gasteiger charge is 2.25. The zero-order valence-electron chi connectivity index (χ0n) is 27.8. The van der Waals surface area contributed by atoms with E-state index in [1.807, 2.05) is 49.4 Å². The predicted octanol–water partition coefficient (Wildman–Crippen LogP) is 9.36. The molecule has 0 fully saturated rings. The van der Waals surface area contributed by atoms with Gasteiger partial charge < -0.3 is 9.47 Å². The number of ether oxygens (including phenoxy) is 2. The van der Waals surface area contributed by atoms with E-state index < -0.39 is 19.7 Å². The van der Waals surface area contributed by atoms with Crippen LogP contribution in [0.25, 0.3) is 0 Å². The Kier molecular flexibility index (Phi) is 9.38. The van der Waals surface area contributed by atoms with E-state index in [-0.39, 0.29) is 30.9 Å². The van der Waals surface area contributed by atoms with Gasteiger partial charge in [-0.2, -0.15) is 0 Å². The first-order valence-electron chi connectivity index (χ1n) is 16.0. The zero-order chi connectivity index (χ0) is 34.8. The average molecular weight is 691 g/mol. The molecule has 49 heavy (non-hydrogen) atoms. The van der Waals surface area contributed by atoms with E-state index in [0.29, 0.717) is 17.9 Å². The molecule has 0 aliphatic heterocycles. The van der Waals surface area contributed by atoms with Crippen LogP contribution in [0.15, 0.2) is 159 Å². The number of benzene rings is 5.